The average molecular weight is 499 g/mol. The summed E-state index contributed by atoms with van der Waals surface area (Å²) in [4.78, 5) is 21.0. The molecule has 0 unspecified atom stereocenters. The van der Waals surface area contributed by atoms with Gasteiger partial charge in [-0.25, -0.2) is 4.98 Å². The molecular formula is C25H25F3N6O2. The number of imidazole rings is 1. The van der Waals surface area contributed by atoms with Crippen molar-refractivity contribution in [1.29, 1.82) is 0 Å². The molecule has 4 aromatic rings. The molecule has 5 rings (SSSR count). The number of hydrogen-bond acceptors (Lipinski definition) is 5. The number of nitrogens with zero attached hydrogens (tertiary/aromatic N) is 6. The zero-order chi connectivity index (χ0) is 25.4. The highest BCUT2D eigenvalue weighted by Gasteiger charge is 2.31. The molecule has 2 aromatic heterocycles. The first kappa shape index (κ1) is 23.7. The maximum atomic E-state index is 13.0. The van der Waals surface area contributed by atoms with Gasteiger partial charge in [-0.05, 0) is 30.3 Å². The van der Waals surface area contributed by atoms with Gasteiger partial charge in [-0.3, -0.25) is 9.48 Å². The molecule has 188 valence electrons. The van der Waals surface area contributed by atoms with E-state index in [1.807, 2.05) is 31.4 Å². The van der Waals surface area contributed by atoms with Crippen molar-refractivity contribution in [2.75, 3.05) is 38.2 Å². The minimum atomic E-state index is -4.43. The fourth-order valence-electron chi connectivity index (χ4n) is 4.50. The maximum absolute atomic E-state index is 13.0. The highest BCUT2D eigenvalue weighted by Crippen LogP contribution is 2.34. The lowest BCUT2D eigenvalue weighted by atomic mass is 10.1. The Morgan fingerprint density at radius 2 is 1.86 bits per heavy atom. The second-order valence-electron chi connectivity index (χ2n) is 8.73. The molecule has 2 aromatic carbocycles. The second-order valence-corrected chi connectivity index (χ2v) is 8.73. The first-order valence-corrected chi connectivity index (χ1v) is 11.4. The van der Waals surface area contributed by atoms with Gasteiger partial charge < -0.3 is 19.1 Å². The van der Waals surface area contributed by atoms with Crippen LogP contribution in [0, 0.1) is 0 Å². The van der Waals surface area contributed by atoms with Gasteiger partial charge in [0.25, 0.3) is 0 Å². The Labute approximate surface area is 205 Å². The van der Waals surface area contributed by atoms with Crippen molar-refractivity contribution in [3.63, 3.8) is 0 Å². The summed E-state index contributed by atoms with van der Waals surface area (Å²) in [7, 11) is 3.50. The third kappa shape index (κ3) is 4.60. The average Bonchev–Trinajstić information content (AvgIpc) is 3.49. The third-order valence-corrected chi connectivity index (χ3v) is 6.45. The Balaban J connectivity index is 1.23. The van der Waals surface area contributed by atoms with Crippen LogP contribution >= 0.6 is 0 Å². The molecule has 1 aliphatic rings. The number of halogens is 3. The molecule has 8 nitrogen and oxygen atoms in total. The summed E-state index contributed by atoms with van der Waals surface area (Å²) in [6.45, 7) is 2.41. The van der Waals surface area contributed by atoms with Crippen molar-refractivity contribution >= 4 is 22.6 Å². The van der Waals surface area contributed by atoms with Crippen LogP contribution in [0.4, 0.5) is 18.9 Å². The number of alkyl halides is 3. The van der Waals surface area contributed by atoms with Crippen molar-refractivity contribution in [1.82, 2.24) is 24.2 Å². The molecule has 0 aliphatic carbocycles. The molecule has 1 saturated heterocycles. The van der Waals surface area contributed by atoms with E-state index in [2.05, 4.69) is 15.0 Å². The molecule has 0 N–H and O–H groups in total. The molecule has 0 saturated carbocycles. The molecule has 0 spiro atoms. The summed E-state index contributed by atoms with van der Waals surface area (Å²) in [6, 6.07) is 9.42. The van der Waals surface area contributed by atoms with E-state index in [0.29, 0.717) is 31.7 Å². The van der Waals surface area contributed by atoms with Crippen LogP contribution in [0.5, 0.6) is 5.75 Å². The van der Waals surface area contributed by atoms with Crippen LogP contribution in [0.25, 0.3) is 22.2 Å². The fourth-order valence-corrected chi connectivity index (χ4v) is 4.50. The van der Waals surface area contributed by atoms with Crippen LogP contribution < -0.4 is 9.64 Å². The van der Waals surface area contributed by atoms with E-state index >= 15 is 0 Å². The van der Waals surface area contributed by atoms with Gasteiger partial charge in [0.2, 0.25) is 5.91 Å². The number of hydrogen-bond donors (Lipinski definition) is 0. The fraction of sp³-hybridized carbons (Fsp3) is 0.320. The number of rotatable bonds is 5. The highest BCUT2D eigenvalue weighted by molar-refractivity contribution is 5.81. The van der Waals surface area contributed by atoms with Gasteiger partial charge >= 0.3 is 6.18 Å². The monoisotopic (exact) mass is 498 g/mol. The molecule has 0 bridgehead atoms. The number of aryl methyl sites for hydroxylation is 1. The second kappa shape index (κ2) is 9.21. The van der Waals surface area contributed by atoms with Crippen molar-refractivity contribution in [2.45, 2.75) is 12.7 Å². The standard InChI is InChI=1S/C25H25F3N6O2/c1-31-14-17(13-30-31)20-5-4-19(12-23(20)36-2)32-7-9-33(10-8-32)24(35)15-34-16-29-21-11-18(25(26,27)28)3-6-22(21)34/h3-6,11-14,16H,7-10,15H2,1-2H3. The van der Waals surface area contributed by atoms with E-state index < -0.39 is 11.7 Å². The van der Waals surface area contributed by atoms with E-state index in [1.54, 1.807) is 27.5 Å². The Morgan fingerprint density at radius 1 is 1.08 bits per heavy atom. The van der Waals surface area contributed by atoms with Gasteiger partial charge in [0.05, 0.1) is 36.2 Å². The van der Waals surface area contributed by atoms with Crippen molar-refractivity contribution in [3.05, 3.63) is 60.7 Å². The minimum absolute atomic E-state index is 0.0233. The lowest BCUT2D eigenvalue weighted by Gasteiger charge is -2.36. The van der Waals surface area contributed by atoms with Gasteiger partial charge in [0.1, 0.15) is 12.3 Å². The van der Waals surface area contributed by atoms with Crippen molar-refractivity contribution in [2.24, 2.45) is 7.05 Å². The predicted octanol–water partition coefficient (Wildman–Crippen LogP) is 3.81. The predicted molar refractivity (Wildman–Crippen MR) is 129 cm³/mol. The number of piperazine rings is 1. The molecule has 1 fully saturated rings. The van der Waals surface area contributed by atoms with Crippen LogP contribution in [-0.4, -0.2) is 63.4 Å². The molecule has 36 heavy (non-hydrogen) atoms. The van der Waals surface area contributed by atoms with E-state index in [9.17, 15) is 18.0 Å². The molecule has 11 heteroatoms. The largest absolute Gasteiger partial charge is 0.496 e. The number of methoxy groups -OCH3 is 1. The highest BCUT2D eigenvalue weighted by atomic mass is 19.4. The number of benzene rings is 2. The minimum Gasteiger partial charge on any atom is -0.496 e. The number of amides is 1. The van der Waals surface area contributed by atoms with Crippen LogP contribution in [-0.2, 0) is 24.6 Å². The molecule has 1 aliphatic heterocycles. The zero-order valence-electron chi connectivity index (χ0n) is 19.9. The van der Waals surface area contributed by atoms with Gasteiger partial charge in [-0.15, -0.1) is 0 Å². The quantitative estimate of drug-likeness (QED) is 0.419. The SMILES string of the molecule is COc1cc(N2CCN(C(=O)Cn3cnc4cc(C(F)(F)F)ccc43)CC2)ccc1-c1cnn(C)c1. The topological polar surface area (TPSA) is 68.4 Å². The third-order valence-electron chi connectivity index (χ3n) is 6.45. The Kier molecular flexibility index (Phi) is 6.07. The van der Waals surface area contributed by atoms with Gasteiger partial charge in [0, 0.05) is 62.3 Å². The first-order valence-electron chi connectivity index (χ1n) is 11.4. The number of ether oxygens (including phenoxy) is 1. The summed E-state index contributed by atoms with van der Waals surface area (Å²) in [5.74, 6) is 0.651. The smallest absolute Gasteiger partial charge is 0.416 e. The molecule has 0 atom stereocenters. The number of carbonyl (C=O) groups is 1. The van der Waals surface area contributed by atoms with Gasteiger partial charge in [0.15, 0.2) is 0 Å². The van der Waals surface area contributed by atoms with E-state index in [0.717, 1.165) is 34.7 Å². The summed E-state index contributed by atoms with van der Waals surface area (Å²) in [6.07, 6.45) is 0.701. The lowest BCUT2D eigenvalue weighted by Crippen LogP contribution is -2.49. The molecular weight excluding hydrogens is 473 g/mol. The molecule has 3 heterocycles. The Hall–Kier alpha value is -4.02. The summed E-state index contributed by atoms with van der Waals surface area (Å²) in [5, 5.41) is 4.22. The number of aromatic nitrogens is 4. The van der Waals surface area contributed by atoms with Gasteiger partial charge in [-0.1, -0.05) is 0 Å². The Bertz CT molecular complexity index is 1400. The zero-order valence-corrected chi connectivity index (χ0v) is 19.9. The van der Waals surface area contributed by atoms with Crippen LogP contribution in [0.3, 0.4) is 0 Å². The lowest BCUT2D eigenvalue weighted by molar-refractivity contribution is -0.137. The van der Waals surface area contributed by atoms with E-state index in [4.69, 9.17) is 4.74 Å². The van der Waals surface area contributed by atoms with Crippen LogP contribution in [0.15, 0.2) is 55.1 Å². The van der Waals surface area contributed by atoms with E-state index in [-0.39, 0.29) is 18.0 Å². The number of anilines is 1. The van der Waals surface area contributed by atoms with Gasteiger partial charge in [-0.2, -0.15) is 18.3 Å². The molecule has 1 amide bonds. The van der Waals surface area contributed by atoms with Crippen molar-refractivity contribution in [3.8, 4) is 16.9 Å². The van der Waals surface area contributed by atoms with Crippen LogP contribution in [0.2, 0.25) is 0 Å². The first-order chi connectivity index (χ1) is 17.2. The summed E-state index contributed by atoms with van der Waals surface area (Å²) in [5.41, 5.74) is 2.89. The Morgan fingerprint density at radius 3 is 2.53 bits per heavy atom. The normalized spacial score (nSPS) is 14.5. The van der Waals surface area contributed by atoms with Crippen molar-refractivity contribution < 1.29 is 22.7 Å². The summed E-state index contributed by atoms with van der Waals surface area (Å²) >= 11 is 0. The molecule has 0 radical (unpaired) electrons. The number of carbonyl (C=O) groups excluding carboxylic acids is 1. The van der Waals surface area contributed by atoms with Crippen LogP contribution in [0.1, 0.15) is 5.56 Å². The van der Waals surface area contributed by atoms with E-state index in [1.165, 1.54) is 12.4 Å². The number of fused-ring (bicyclic) bond motifs is 1. The maximum Gasteiger partial charge on any atom is 0.416 e. The summed E-state index contributed by atoms with van der Waals surface area (Å²) < 4.78 is 47.8.